The average Bonchev–Trinajstić information content (AvgIpc) is 2.34. The second-order valence-electron chi connectivity index (χ2n) is 1.92. The van der Waals surface area contributed by atoms with E-state index in [0.717, 1.165) is 11.3 Å². The molecule has 0 saturated carbocycles. The van der Waals surface area contributed by atoms with Gasteiger partial charge in [-0.3, -0.25) is 0 Å². The highest BCUT2D eigenvalue weighted by Gasteiger charge is 2.39. The Morgan fingerprint density at radius 1 is 1.45 bits per heavy atom. The first-order valence-corrected chi connectivity index (χ1v) is 4.55. The molecule has 1 aromatic rings. The van der Waals surface area contributed by atoms with Crippen LogP contribution in [0.1, 0.15) is 9.70 Å². The summed E-state index contributed by atoms with van der Waals surface area (Å²) in [6.45, 7) is 0. The number of halogens is 4. The number of alkyl halides is 4. The van der Waals surface area contributed by atoms with Crippen LogP contribution >= 0.6 is 27.3 Å². The fourth-order valence-corrected chi connectivity index (χ4v) is 1.80. The molecular weight excluding hydrogens is 241 g/mol. The van der Waals surface area contributed by atoms with Crippen LogP contribution in [0, 0.1) is 0 Å². The lowest BCUT2D eigenvalue weighted by molar-refractivity contribution is -0.127. The van der Waals surface area contributed by atoms with Gasteiger partial charge in [0.1, 0.15) is 4.83 Å². The van der Waals surface area contributed by atoms with Crippen LogP contribution in [-0.2, 0) is 0 Å². The molecule has 1 rings (SSSR count). The smallest absolute Gasteiger partial charge is 0.169 e. The van der Waals surface area contributed by atoms with Crippen LogP contribution in [0.3, 0.4) is 0 Å². The molecule has 0 spiro atoms. The van der Waals surface area contributed by atoms with Gasteiger partial charge in [0.25, 0.3) is 0 Å². The lowest BCUT2D eigenvalue weighted by atomic mass is 10.3. The minimum atomic E-state index is -4.19. The Kier molecular flexibility index (Phi) is 2.59. The number of thiophene rings is 1. The molecule has 0 N–H and O–H groups in total. The molecule has 0 aliphatic heterocycles. The predicted molar refractivity (Wildman–Crippen MR) is 42.0 cm³/mol. The summed E-state index contributed by atoms with van der Waals surface area (Å²) in [5.74, 6) is 0. The van der Waals surface area contributed by atoms with Gasteiger partial charge in [-0.05, 0) is 11.4 Å². The highest BCUT2D eigenvalue weighted by Crippen LogP contribution is 2.41. The van der Waals surface area contributed by atoms with Gasteiger partial charge in [0.05, 0.1) is 0 Å². The third-order valence-electron chi connectivity index (χ3n) is 1.08. The van der Waals surface area contributed by atoms with Crippen LogP contribution in [0.2, 0.25) is 0 Å². The standard InChI is InChI=1S/C6H4BrF3S/c7-5(6(8,9)10)4-2-1-3-11-4/h1-3,5H/t5-/m0/s1. The predicted octanol–water partition coefficient (Wildman–Crippen LogP) is 3.75. The lowest BCUT2D eigenvalue weighted by Gasteiger charge is -2.11. The monoisotopic (exact) mass is 244 g/mol. The van der Waals surface area contributed by atoms with Crippen molar-refractivity contribution in [3.8, 4) is 0 Å². The second-order valence-corrected chi connectivity index (χ2v) is 3.81. The van der Waals surface area contributed by atoms with Crippen molar-refractivity contribution >= 4 is 27.3 Å². The maximum Gasteiger partial charge on any atom is 0.405 e. The van der Waals surface area contributed by atoms with Crippen LogP contribution < -0.4 is 0 Å². The number of hydrogen-bond donors (Lipinski definition) is 0. The number of rotatable bonds is 1. The van der Waals surface area contributed by atoms with Crippen molar-refractivity contribution in [2.45, 2.75) is 11.0 Å². The van der Waals surface area contributed by atoms with Crippen molar-refractivity contribution in [3.63, 3.8) is 0 Å². The molecule has 62 valence electrons. The van der Waals surface area contributed by atoms with Crippen molar-refractivity contribution in [2.75, 3.05) is 0 Å². The van der Waals surface area contributed by atoms with Gasteiger partial charge < -0.3 is 0 Å². The molecule has 5 heteroatoms. The van der Waals surface area contributed by atoms with E-state index in [2.05, 4.69) is 15.9 Å². The van der Waals surface area contributed by atoms with E-state index in [1.165, 1.54) is 6.07 Å². The van der Waals surface area contributed by atoms with Crippen LogP contribution in [0.5, 0.6) is 0 Å². The lowest BCUT2D eigenvalue weighted by Crippen LogP contribution is -2.13. The summed E-state index contributed by atoms with van der Waals surface area (Å²) in [4.78, 5) is -1.23. The molecule has 0 saturated heterocycles. The van der Waals surface area contributed by atoms with E-state index < -0.39 is 11.0 Å². The Morgan fingerprint density at radius 3 is 2.45 bits per heavy atom. The Labute approximate surface area is 74.2 Å². The molecule has 0 aromatic carbocycles. The normalized spacial score (nSPS) is 14.9. The molecule has 0 unspecified atom stereocenters. The van der Waals surface area contributed by atoms with Gasteiger partial charge in [-0.1, -0.05) is 22.0 Å². The number of hydrogen-bond acceptors (Lipinski definition) is 1. The maximum absolute atomic E-state index is 12.0. The van der Waals surface area contributed by atoms with Gasteiger partial charge in [0.2, 0.25) is 0 Å². The second kappa shape index (κ2) is 3.15. The fourth-order valence-electron chi connectivity index (χ4n) is 0.597. The van der Waals surface area contributed by atoms with Crippen LogP contribution in [0.15, 0.2) is 17.5 Å². The quantitative estimate of drug-likeness (QED) is 0.661. The molecule has 0 nitrogen and oxygen atoms in total. The molecule has 0 radical (unpaired) electrons. The van der Waals surface area contributed by atoms with Crippen LogP contribution in [-0.4, -0.2) is 6.18 Å². The molecular formula is C6H4BrF3S. The Hall–Kier alpha value is -0.0300. The van der Waals surface area contributed by atoms with Crippen LogP contribution in [0.4, 0.5) is 13.2 Å². The van der Waals surface area contributed by atoms with Crippen molar-refractivity contribution < 1.29 is 13.2 Å². The summed E-state index contributed by atoms with van der Waals surface area (Å²) < 4.78 is 35.9. The molecule has 0 aliphatic rings. The SMILES string of the molecule is FC(F)(F)[C@@H](Br)c1cccs1. The zero-order valence-corrected chi connectivity index (χ0v) is 7.63. The van der Waals surface area contributed by atoms with Gasteiger partial charge >= 0.3 is 6.18 Å². The first-order valence-electron chi connectivity index (χ1n) is 2.76. The van der Waals surface area contributed by atoms with Gasteiger partial charge in [-0.2, -0.15) is 13.2 Å². The van der Waals surface area contributed by atoms with E-state index in [1.54, 1.807) is 11.4 Å². The molecule has 1 heterocycles. The van der Waals surface area contributed by atoms with E-state index in [1.807, 2.05) is 0 Å². The summed E-state index contributed by atoms with van der Waals surface area (Å²) in [6.07, 6.45) is -4.19. The maximum atomic E-state index is 12.0. The largest absolute Gasteiger partial charge is 0.405 e. The van der Waals surface area contributed by atoms with E-state index in [0.29, 0.717) is 0 Å². The Morgan fingerprint density at radius 2 is 2.09 bits per heavy atom. The van der Waals surface area contributed by atoms with Crippen molar-refractivity contribution in [1.29, 1.82) is 0 Å². The summed E-state index contributed by atoms with van der Waals surface area (Å²) >= 11 is 3.66. The summed E-state index contributed by atoms with van der Waals surface area (Å²) in [7, 11) is 0. The van der Waals surface area contributed by atoms with Gasteiger partial charge in [-0.25, -0.2) is 0 Å². The molecule has 1 atom stereocenters. The molecule has 0 fully saturated rings. The molecule has 11 heavy (non-hydrogen) atoms. The van der Waals surface area contributed by atoms with E-state index >= 15 is 0 Å². The van der Waals surface area contributed by atoms with E-state index in [4.69, 9.17) is 0 Å². The minimum Gasteiger partial charge on any atom is -0.169 e. The third-order valence-corrected chi connectivity index (χ3v) is 3.33. The first-order chi connectivity index (χ1) is 5.02. The first kappa shape index (κ1) is 9.06. The summed E-state index contributed by atoms with van der Waals surface area (Å²) in [5, 5.41) is 1.62. The Bertz CT molecular complexity index is 216. The topological polar surface area (TPSA) is 0 Å². The van der Waals surface area contributed by atoms with E-state index in [-0.39, 0.29) is 4.88 Å². The average molecular weight is 245 g/mol. The molecule has 0 bridgehead atoms. The fraction of sp³-hybridized carbons (Fsp3) is 0.333. The molecule has 1 aromatic heterocycles. The Balaban J connectivity index is 2.78. The van der Waals surface area contributed by atoms with Gasteiger partial charge in [0.15, 0.2) is 0 Å². The van der Waals surface area contributed by atoms with Crippen LogP contribution in [0.25, 0.3) is 0 Å². The zero-order valence-electron chi connectivity index (χ0n) is 5.23. The minimum absolute atomic E-state index is 0.289. The summed E-state index contributed by atoms with van der Waals surface area (Å²) in [5.41, 5.74) is 0. The third kappa shape index (κ3) is 2.20. The van der Waals surface area contributed by atoms with E-state index in [9.17, 15) is 13.2 Å². The summed E-state index contributed by atoms with van der Waals surface area (Å²) in [6, 6.07) is 3.05. The van der Waals surface area contributed by atoms with Crippen molar-refractivity contribution in [2.24, 2.45) is 0 Å². The highest BCUT2D eigenvalue weighted by atomic mass is 79.9. The molecule has 0 amide bonds. The highest BCUT2D eigenvalue weighted by molar-refractivity contribution is 9.09. The molecule has 0 aliphatic carbocycles. The zero-order chi connectivity index (χ0) is 8.48. The van der Waals surface area contributed by atoms with Crippen molar-refractivity contribution in [1.82, 2.24) is 0 Å². The van der Waals surface area contributed by atoms with Gasteiger partial charge in [0, 0.05) is 4.88 Å². The van der Waals surface area contributed by atoms with Gasteiger partial charge in [-0.15, -0.1) is 11.3 Å². The van der Waals surface area contributed by atoms with Crippen molar-refractivity contribution in [3.05, 3.63) is 22.4 Å².